The number of thiophene rings is 1. The number of aryl methyl sites for hydroxylation is 1. The maximum atomic E-state index is 12.1. The van der Waals surface area contributed by atoms with Crippen molar-refractivity contribution in [2.75, 3.05) is 12.3 Å². The van der Waals surface area contributed by atoms with Gasteiger partial charge in [0.2, 0.25) is 0 Å². The molecule has 1 aromatic heterocycles. The Morgan fingerprint density at radius 3 is 3.00 bits per heavy atom. The molecule has 0 radical (unpaired) electrons. The van der Waals surface area contributed by atoms with E-state index < -0.39 is 19.1 Å². The zero-order valence-corrected chi connectivity index (χ0v) is 11.1. The fourth-order valence-corrected chi connectivity index (χ4v) is 3.92. The van der Waals surface area contributed by atoms with E-state index in [1.54, 1.807) is 0 Å². The van der Waals surface area contributed by atoms with Gasteiger partial charge in [-0.05, 0) is 23.8 Å². The van der Waals surface area contributed by atoms with Crippen LogP contribution in [0.3, 0.4) is 0 Å². The van der Waals surface area contributed by atoms with Gasteiger partial charge in [0.1, 0.15) is 6.10 Å². The van der Waals surface area contributed by atoms with Gasteiger partial charge >= 0.3 is 0 Å². The lowest BCUT2D eigenvalue weighted by molar-refractivity contribution is -0.00268. The number of hydrogen-bond donors (Lipinski definition) is 2. The molecule has 0 aliphatic carbocycles. The van der Waals surface area contributed by atoms with Crippen molar-refractivity contribution < 1.29 is 18.7 Å². The Hall–Kier alpha value is -0.660. The second-order valence-corrected chi connectivity index (χ2v) is 6.22. The van der Waals surface area contributed by atoms with Crippen molar-refractivity contribution in [1.82, 2.24) is 5.32 Å². The number of amides is 1. The molecule has 1 atom stereocenters. The van der Waals surface area contributed by atoms with Crippen molar-refractivity contribution in [3.8, 4) is 0 Å². The van der Waals surface area contributed by atoms with Crippen molar-refractivity contribution in [3.63, 3.8) is 0 Å². The Kier molecular flexibility index (Phi) is 4.58. The minimum Gasteiger partial charge on any atom is -0.385 e. The van der Waals surface area contributed by atoms with Crippen LogP contribution in [0.15, 0.2) is 6.07 Å². The molecule has 0 fully saturated rings. The Bertz CT molecular complexity index is 413. The first-order chi connectivity index (χ1) is 8.58. The highest BCUT2D eigenvalue weighted by Crippen LogP contribution is 2.31. The van der Waals surface area contributed by atoms with Crippen LogP contribution in [-0.4, -0.2) is 35.8 Å². The summed E-state index contributed by atoms with van der Waals surface area (Å²) in [7, 11) is 0. The number of nitrogens with one attached hydrogen (secondary N) is 1. The first kappa shape index (κ1) is 13.8. The van der Waals surface area contributed by atoms with E-state index in [0.717, 1.165) is 23.5 Å². The fraction of sp³-hybridized carbons (Fsp3) is 0.545. The molecule has 100 valence electrons. The number of alkyl halides is 2. The van der Waals surface area contributed by atoms with Crippen LogP contribution >= 0.6 is 23.1 Å². The van der Waals surface area contributed by atoms with Gasteiger partial charge in [-0.15, -0.1) is 11.3 Å². The molecule has 0 aromatic carbocycles. The molecule has 0 bridgehead atoms. The molecule has 3 nitrogen and oxygen atoms in total. The lowest BCUT2D eigenvalue weighted by atomic mass is 10.2. The first-order valence-corrected chi connectivity index (χ1v) is 7.49. The summed E-state index contributed by atoms with van der Waals surface area (Å²) < 4.78 is 24.1. The topological polar surface area (TPSA) is 49.3 Å². The summed E-state index contributed by atoms with van der Waals surface area (Å²) in [5.41, 5.74) is 1.16. The quantitative estimate of drug-likeness (QED) is 0.891. The number of fused-ring (bicyclic) bond motifs is 1. The van der Waals surface area contributed by atoms with Gasteiger partial charge in [0.05, 0.1) is 4.88 Å². The monoisotopic (exact) mass is 293 g/mol. The van der Waals surface area contributed by atoms with E-state index in [4.69, 9.17) is 5.11 Å². The van der Waals surface area contributed by atoms with E-state index in [9.17, 15) is 13.6 Å². The highest BCUT2D eigenvalue weighted by atomic mass is 32.2. The lowest BCUT2D eigenvalue weighted by Gasteiger charge is -2.09. The molecule has 1 aliphatic rings. The predicted molar refractivity (Wildman–Crippen MR) is 68.5 cm³/mol. The maximum Gasteiger partial charge on any atom is 0.265 e. The SMILES string of the molecule is O=C(NCC(O)C(F)F)c1cc2c(s1)CCSC2. The van der Waals surface area contributed by atoms with E-state index in [0.29, 0.717) is 4.88 Å². The summed E-state index contributed by atoms with van der Waals surface area (Å²) in [5, 5.41) is 11.2. The van der Waals surface area contributed by atoms with Gasteiger partial charge in [-0.25, -0.2) is 8.78 Å². The van der Waals surface area contributed by atoms with E-state index in [-0.39, 0.29) is 5.91 Å². The summed E-state index contributed by atoms with van der Waals surface area (Å²) in [6.07, 6.45) is -3.69. The normalized spacial score (nSPS) is 16.4. The van der Waals surface area contributed by atoms with E-state index in [1.165, 1.54) is 16.2 Å². The molecule has 2 rings (SSSR count). The van der Waals surface area contributed by atoms with Gasteiger partial charge in [-0.3, -0.25) is 4.79 Å². The van der Waals surface area contributed by atoms with Gasteiger partial charge in [0.25, 0.3) is 12.3 Å². The maximum absolute atomic E-state index is 12.1. The molecule has 1 unspecified atom stereocenters. The van der Waals surface area contributed by atoms with Crippen LogP contribution in [0, 0.1) is 0 Å². The number of carbonyl (C=O) groups excluding carboxylic acids is 1. The zero-order valence-electron chi connectivity index (χ0n) is 9.49. The summed E-state index contributed by atoms with van der Waals surface area (Å²) in [6.45, 7) is -0.423. The molecule has 1 amide bonds. The predicted octanol–water partition coefficient (Wildman–Crippen LogP) is 1.89. The Morgan fingerprint density at radius 2 is 2.33 bits per heavy atom. The van der Waals surface area contributed by atoms with Crippen LogP contribution in [0.25, 0.3) is 0 Å². The van der Waals surface area contributed by atoms with Crippen LogP contribution < -0.4 is 5.32 Å². The lowest BCUT2D eigenvalue weighted by Crippen LogP contribution is -2.35. The fourth-order valence-electron chi connectivity index (χ4n) is 1.63. The number of hydrogen-bond acceptors (Lipinski definition) is 4. The van der Waals surface area contributed by atoms with Crippen LogP contribution in [0.4, 0.5) is 8.78 Å². The van der Waals surface area contributed by atoms with Crippen LogP contribution in [0.1, 0.15) is 20.1 Å². The van der Waals surface area contributed by atoms with Gasteiger partial charge in [0.15, 0.2) is 0 Å². The van der Waals surface area contributed by atoms with E-state index >= 15 is 0 Å². The van der Waals surface area contributed by atoms with Gasteiger partial charge < -0.3 is 10.4 Å². The van der Waals surface area contributed by atoms with E-state index in [2.05, 4.69) is 5.32 Å². The number of rotatable bonds is 4. The summed E-state index contributed by atoms with van der Waals surface area (Å²) in [6, 6.07) is 1.82. The molecular weight excluding hydrogens is 280 g/mol. The van der Waals surface area contributed by atoms with Gasteiger partial charge in [-0.2, -0.15) is 11.8 Å². The third kappa shape index (κ3) is 3.21. The molecule has 1 aromatic rings. The smallest absolute Gasteiger partial charge is 0.265 e. The van der Waals surface area contributed by atoms with Crippen molar-refractivity contribution in [2.24, 2.45) is 0 Å². The molecule has 0 saturated heterocycles. The van der Waals surface area contributed by atoms with Crippen LogP contribution in [0.2, 0.25) is 0 Å². The van der Waals surface area contributed by atoms with Crippen molar-refractivity contribution >= 4 is 29.0 Å². The number of aliphatic hydroxyl groups is 1. The molecule has 0 saturated carbocycles. The summed E-state index contributed by atoms with van der Waals surface area (Å²) in [4.78, 5) is 13.5. The Balaban J connectivity index is 1.95. The summed E-state index contributed by atoms with van der Waals surface area (Å²) in [5.74, 6) is 1.57. The van der Waals surface area contributed by atoms with Crippen LogP contribution in [-0.2, 0) is 12.2 Å². The molecule has 1 aliphatic heterocycles. The number of carbonyl (C=O) groups is 1. The second-order valence-electron chi connectivity index (χ2n) is 3.97. The average molecular weight is 293 g/mol. The third-order valence-corrected chi connectivity index (χ3v) is 4.86. The highest BCUT2D eigenvalue weighted by Gasteiger charge is 2.20. The third-order valence-electron chi connectivity index (χ3n) is 2.61. The Morgan fingerprint density at radius 1 is 1.56 bits per heavy atom. The first-order valence-electron chi connectivity index (χ1n) is 5.51. The standard InChI is InChI=1S/C11H13F2NO2S2/c12-10(13)7(15)4-14-11(16)9-3-6-5-17-2-1-8(6)18-9/h3,7,10,15H,1-2,4-5H2,(H,14,16). The van der Waals surface area contributed by atoms with Crippen molar-refractivity contribution in [3.05, 3.63) is 21.4 Å². The average Bonchev–Trinajstić information content (AvgIpc) is 2.79. The van der Waals surface area contributed by atoms with Crippen LogP contribution in [0.5, 0.6) is 0 Å². The zero-order chi connectivity index (χ0) is 13.1. The molecule has 2 heterocycles. The molecule has 2 N–H and O–H groups in total. The number of thioether (sulfide) groups is 1. The molecule has 0 spiro atoms. The Labute approximate surface area is 112 Å². The largest absolute Gasteiger partial charge is 0.385 e. The van der Waals surface area contributed by atoms with Gasteiger partial charge in [0, 0.05) is 17.2 Å². The number of halogens is 2. The second kappa shape index (κ2) is 5.99. The van der Waals surface area contributed by atoms with Crippen molar-refractivity contribution in [1.29, 1.82) is 0 Å². The van der Waals surface area contributed by atoms with Crippen molar-refractivity contribution in [2.45, 2.75) is 24.7 Å². The van der Waals surface area contributed by atoms with E-state index in [1.807, 2.05) is 17.8 Å². The van der Waals surface area contributed by atoms with Gasteiger partial charge in [-0.1, -0.05) is 0 Å². The summed E-state index contributed by atoms with van der Waals surface area (Å²) >= 11 is 3.23. The minimum atomic E-state index is -2.83. The molecule has 18 heavy (non-hydrogen) atoms. The molecular formula is C11H13F2NO2S2. The molecule has 7 heteroatoms. The minimum absolute atomic E-state index is 0.390. The highest BCUT2D eigenvalue weighted by molar-refractivity contribution is 7.98. The number of aliphatic hydroxyl groups excluding tert-OH is 1.